The Balaban J connectivity index is 1.82. The molecule has 1 atom stereocenters. The first-order valence-electron chi connectivity index (χ1n) is 9.47. The normalized spacial score (nSPS) is 17.7. The van der Waals surface area contributed by atoms with E-state index in [1.54, 1.807) is 29.3 Å². The number of likely N-dealkylation sites (N-methyl/N-ethyl adjacent to an activating group) is 1. The lowest BCUT2D eigenvalue weighted by atomic mass is 10.1. The zero-order valence-corrected chi connectivity index (χ0v) is 19.0. The summed E-state index contributed by atoms with van der Waals surface area (Å²) in [4.78, 5) is 16.7. The van der Waals surface area contributed by atoms with Gasteiger partial charge in [0.2, 0.25) is 0 Å². The molecule has 3 heterocycles. The molecule has 0 unspecified atom stereocenters. The molecule has 1 fully saturated rings. The van der Waals surface area contributed by atoms with E-state index in [9.17, 15) is 13.2 Å². The number of carbonyl (C=O) groups excluding carboxylic acids is 1. The number of rotatable bonds is 6. The number of nitrogens with one attached hydrogen (secondary N) is 2. The number of aryl methyl sites for hydroxylation is 2. The molecule has 0 aliphatic carbocycles. The van der Waals surface area contributed by atoms with Gasteiger partial charge in [-0.25, -0.2) is 13.8 Å². The zero-order valence-electron chi connectivity index (χ0n) is 17.3. The second kappa shape index (κ2) is 8.33. The lowest BCUT2D eigenvalue weighted by Gasteiger charge is -2.28. The third kappa shape index (κ3) is 4.90. The highest BCUT2D eigenvalue weighted by Gasteiger charge is 2.36. The van der Waals surface area contributed by atoms with Crippen LogP contribution < -0.4 is 14.3 Å². The van der Waals surface area contributed by atoms with Crippen LogP contribution in [0.3, 0.4) is 0 Å². The second-order valence-corrected chi connectivity index (χ2v) is 10.6. The minimum Gasteiger partial charge on any atom is -0.306 e. The maximum absolute atomic E-state index is 13.2. The number of hydrogen-bond donors (Lipinski definition) is 2. The van der Waals surface area contributed by atoms with Crippen LogP contribution in [0.4, 0.5) is 16.2 Å². The van der Waals surface area contributed by atoms with Gasteiger partial charge in [-0.15, -0.1) is 11.3 Å². The first kappa shape index (κ1) is 21.6. The van der Waals surface area contributed by atoms with Crippen LogP contribution in [-0.2, 0) is 17.3 Å². The second-order valence-electron chi connectivity index (χ2n) is 7.72. The van der Waals surface area contributed by atoms with Crippen LogP contribution in [0.25, 0.3) is 0 Å². The molecule has 1 aliphatic rings. The molecule has 0 spiro atoms. The largest absolute Gasteiger partial charge is 0.334 e. The molecular weight excluding hydrogens is 412 g/mol. The number of hydrogen-bond acceptors (Lipinski definition) is 6. The Hall–Kier alpha value is -2.11. The lowest BCUT2D eigenvalue weighted by molar-refractivity contribution is 0.256. The predicted octanol–water partition coefficient (Wildman–Crippen LogP) is 2.49. The summed E-state index contributed by atoms with van der Waals surface area (Å²) in [5.74, 6) is 0.224. The van der Waals surface area contributed by atoms with Crippen molar-refractivity contribution < 1.29 is 13.2 Å². The Kier molecular flexibility index (Phi) is 6.20. The number of amides is 2. The summed E-state index contributed by atoms with van der Waals surface area (Å²) in [5.41, 5.74) is 1.08. The topological polar surface area (TPSA) is 99.6 Å². The molecule has 29 heavy (non-hydrogen) atoms. The third-order valence-electron chi connectivity index (χ3n) is 4.78. The highest BCUT2D eigenvalue weighted by Crippen LogP contribution is 2.33. The smallest absolute Gasteiger partial charge is 0.306 e. The van der Waals surface area contributed by atoms with E-state index in [0.717, 1.165) is 16.3 Å². The van der Waals surface area contributed by atoms with Crippen molar-refractivity contribution in [1.29, 1.82) is 0 Å². The molecule has 9 nitrogen and oxygen atoms in total. The molecule has 1 aliphatic heterocycles. The summed E-state index contributed by atoms with van der Waals surface area (Å²) in [5, 5.41) is 6.80. The Morgan fingerprint density at radius 3 is 2.66 bits per heavy atom. The lowest BCUT2D eigenvalue weighted by Crippen LogP contribution is -2.50. The molecule has 1 saturated heterocycles. The molecule has 2 N–H and O–H groups in total. The molecule has 2 amide bonds. The molecule has 160 valence electrons. The molecule has 3 rings (SSSR count). The van der Waals surface area contributed by atoms with E-state index in [-0.39, 0.29) is 12.0 Å². The Labute approximate surface area is 175 Å². The quantitative estimate of drug-likeness (QED) is 0.719. The van der Waals surface area contributed by atoms with Gasteiger partial charge in [0.15, 0.2) is 0 Å². The Bertz CT molecular complexity index is 982. The van der Waals surface area contributed by atoms with E-state index in [0.29, 0.717) is 24.3 Å². The number of anilines is 2. The maximum atomic E-state index is 13.2. The summed E-state index contributed by atoms with van der Waals surface area (Å²) in [6.45, 7) is 7.39. The summed E-state index contributed by atoms with van der Waals surface area (Å²) in [6, 6.07) is 0.811. The van der Waals surface area contributed by atoms with E-state index in [2.05, 4.69) is 20.0 Å². The van der Waals surface area contributed by atoms with Gasteiger partial charge in [0, 0.05) is 29.5 Å². The van der Waals surface area contributed by atoms with Gasteiger partial charge in [-0.3, -0.25) is 4.68 Å². The molecule has 2 aromatic heterocycles. The number of urea groups is 1. The average molecular weight is 441 g/mol. The SMILES string of the molecule is Cc1cc(NC(=O)NS(=O)(=O)N(c2cnn(C)c2)[C@H]2CCN(C)C2)c(C(C)C)s1. The van der Waals surface area contributed by atoms with Crippen LogP contribution in [-0.4, -0.2) is 55.3 Å². The highest BCUT2D eigenvalue weighted by atomic mass is 32.2. The minimum atomic E-state index is -4.12. The zero-order chi connectivity index (χ0) is 21.3. The molecule has 0 bridgehead atoms. The fraction of sp³-hybridized carbons (Fsp3) is 0.556. The van der Waals surface area contributed by atoms with Crippen LogP contribution >= 0.6 is 11.3 Å². The van der Waals surface area contributed by atoms with Gasteiger partial charge in [-0.1, -0.05) is 13.8 Å². The summed E-state index contributed by atoms with van der Waals surface area (Å²) < 4.78 is 31.3. The first-order valence-corrected chi connectivity index (χ1v) is 11.7. The van der Waals surface area contributed by atoms with Gasteiger partial charge in [0.05, 0.1) is 23.6 Å². The van der Waals surface area contributed by atoms with E-state index in [1.165, 1.54) is 10.5 Å². The first-order chi connectivity index (χ1) is 13.6. The predicted molar refractivity (Wildman–Crippen MR) is 116 cm³/mol. The van der Waals surface area contributed by atoms with Crippen molar-refractivity contribution in [2.45, 2.75) is 39.2 Å². The van der Waals surface area contributed by atoms with Crippen LogP contribution in [0.2, 0.25) is 0 Å². The van der Waals surface area contributed by atoms with E-state index >= 15 is 0 Å². The van der Waals surface area contributed by atoms with Crippen molar-refractivity contribution in [2.24, 2.45) is 7.05 Å². The Morgan fingerprint density at radius 2 is 2.10 bits per heavy atom. The van der Waals surface area contributed by atoms with Crippen molar-refractivity contribution in [1.82, 2.24) is 19.4 Å². The van der Waals surface area contributed by atoms with E-state index < -0.39 is 16.2 Å². The van der Waals surface area contributed by atoms with E-state index in [4.69, 9.17) is 0 Å². The number of aromatic nitrogens is 2. The third-order valence-corrected chi connectivity index (χ3v) is 7.60. The van der Waals surface area contributed by atoms with Crippen molar-refractivity contribution in [2.75, 3.05) is 29.8 Å². The number of likely N-dealkylation sites (tertiary alicyclic amines) is 1. The monoisotopic (exact) mass is 440 g/mol. The van der Waals surface area contributed by atoms with Crippen molar-refractivity contribution >= 4 is 39.0 Å². The molecule has 0 saturated carbocycles. The van der Waals surface area contributed by atoms with Gasteiger partial charge in [-0.05, 0) is 38.9 Å². The fourth-order valence-electron chi connectivity index (χ4n) is 3.54. The summed E-state index contributed by atoms with van der Waals surface area (Å²) in [7, 11) is -0.451. The maximum Gasteiger partial charge on any atom is 0.334 e. The number of nitrogens with zero attached hydrogens (tertiary/aromatic N) is 4. The fourth-order valence-corrected chi connectivity index (χ4v) is 5.84. The minimum absolute atomic E-state index is 0.224. The van der Waals surface area contributed by atoms with Crippen LogP contribution in [0.15, 0.2) is 18.5 Å². The van der Waals surface area contributed by atoms with Crippen molar-refractivity contribution in [3.63, 3.8) is 0 Å². The standard InChI is InChI=1S/C18H28N6O3S2/c1-12(2)17-16(8-13(3)28-17)20-18(25)21-29(26,27)24(14-6-7-22(4)10-14)15-9-19-23(5)11-15/h8-9,11-12,14H,6-7,10H2,1-5H3,(H2,20,21,25)/t14-/m0/s1. The molecule has 2 aromatic rings. The van der Waals surface area contributed by atoms with E-state index in [1.807, 2.05) is 33.9 Å². The van der Waals surface area contributed by atoms with Crippen molar-refractivity contribution in [3.05, 3.63) is 28.2 Å². The summed E-state index contributed by atoms with van der Waals surface area (Å²) in [6.07, 6.45) is 3.80. The molecular formula is C18H28N6O3S2. The molecule has 11 heteroatoms. The van der Waals surface area contributed by atoms with Crippen LogP contribution in [0.5, 0.6) is 0 Å². The summed E-state index contributed by atoms with van der Waals surface area (Å²) >= 11 is 1.59. The van der Waals surface area contributed by atoms with Crippen LogP contribution in [0.1, 0.15) is 35.9 Å². The van der Waals surface area contributed by atoms with Gasteiger partial charge >= 0.3 is 16.2 Å². The van der Waals surface area contributed by atoms with Crippen molar-refractivity contribution in [3.8, 4) is 0 Å². The van der Waals surface area contributed by atoms with Crippen LogP contribution in [0, 0.1) is 6.92 Å². The average Bonchev–Trinajstić information content (AvgIpc) is 3.28. The van der Waals surface area contributed by atoms with Gasteiger partial charge in [0.25, 0.3) is 0 Å². The molecule has 0 aromatic carbocycles. The van der Waals surface area contributed by atoms with Gasteiger partial charge in [-0.2, -0.15) is 13.5 Å². The number of carbonyl (C=O) groups is 1. The number of thiophene rings is 1. The van der Waals surface area contributed by atoms with Gasteiger partial charge in [0.1, 0.15) is 0 Å². The van der Waals surface area contributed by atoms with Gasteiger partial charge < -0.3 is 10.2 Å². The highest BCUT2D eigenvalue weighted by molar-refractivity contribution is 7.91. The molecule has 0 radical (unpaired) electrons. The Morgan fingerprint density at radius 1 is 1.38 bits per heavy atom.